The quantitative estimate of drug-likeness (QED) is 0.780. The minimum Gasteiger partial charge on any atom is -0.507 e. The van der Waals surface area contributed by atoms with Crippen LogP contribution in [0.4, 0.5) is 0 Å². The van der Waals surface area contributed by atoms with Crippen molar-refractivity contribution in [1.29, 1.82) is 0 Å². The van der Waals surface area contributed by atoms with Gasteiger partial charge < -0.3 is 19.6 Å². The summed E-state index contributed by atoms with van der Waals surface area (Å²) < 4.78 is 5.74. The van der Waals surface area contributed by atoms with Crippen molar-refractivity contribution in [2.75, 3.05) is 32.8 Å². The first kappa shape index (κ1) is 19.7. The standard InChI is InChI=1S/C22H26N2O4/c1-17-7-2-5-10-20(17)28-16-6-11-21(26)23-12-14-24(15-13-23)22(27)18-8-3-4-9-19(18)25/h2-5,7-10,25H,6,11-16H2,1H3. The number of rotatable bonds is 6. The van der Waals surface area contributed by atoms with Gasteiger partial charge in [0.05, 0.1) is 12.2 Å². The fraction of sp³-hybridized carbons (Fsp3) is 0.364. The van der Waals surface area contributed by atoms with Crippen LogP contribution in [0.1, 0.15) is 28.8 Å². The van der Waals surface area contributed by atoms with Crippen molar-refractivity contribution in [1.82, 2.24) is 9.80 Å². The second-order valence-corrected chi connectivity index (χ2v) is 6.91. The number of aromatic hydroxyl groups is 1. The van der Waals surface area contributed by atoms with Gasteiger partial charge in [0.2, 0.25) is 5.91 Å². The minimum atomic E-state index is -0.197. The summed E-state index contributed by atoms with van der Waals surface area (Å²) >= 11 is 0. The highest BCUT2D eigenvalue weighted by atomic mass is 16.5. The van der Waals surface area contributed by atoms with Crippen LogP contribution in [0.3, 0.4) is 0 Å². The Morgan fingerprint density at radius 1 is 0.964 bits per heavy atom. The predicted molar refractivity (Wildman–Crippen MR) is 106 cm³/mol. The van der Waals surface area contributed by atoms with Crippen LogP contribution in [0.15, 0.2) is 48.5 Å². The van der Waals surface area contributed by atoms with Crippen LogP contribution in [0.2, 0.25) is 0 Å². The van der Waals surface area contributed by atoms with Gasteiger partial charge in [0, 0.05) is 32.6 Å². The molecule has 0 radical (unpaired) electrons. The van der Waals surface area contributed by atoms with E-state index < -0.39 is 0 Å². The predicted octanol–water partition coefficient (Wildman–Crippen LogP) is 2.84. The lowest BCUT2D eigenvalue weighted by molar-refractivity contribution is -0.132. The Hall–Kier alpha value is -3.02. The number of carbonyl (C=O) groups is 2. The Morgan fingerprint density at radius 2 is 1.61 bits per heavy atom. The van der Waals surface area contributed by atoms with E-state index in [1.165, 1.54) is 6.07 Å². The van der Waals surface area contributed by atoms with Crippen molar-refractivity contribution in [2.45, 2.75) is 19.8 Å². The van der Waals surface area contributed by atoms with Crippen molar-refractivity contribution in [2.24, 2.45) is 0 Å². The molecule has 1 N–H and O–H groups in total. The number of nitrogens with zero attached hydrogens (tertiary/aromatic N) is 2. The summed E-state index contributed by atoms with van der Waals surface area (Å²) in [6.07, 6.45) is 1.09. The van der Waals surface area contributed by atoms with E-state index in [4.69, 9.17) is 4.74 Å². The molecular weight excluding hydrogens is 356 g/mol. The summed E-state index contributed by atoms with van der Waals surface area (Å²) in [4.78, 5) is 28.4. The van der Waals surface area contributed by atoms with Crippen molar-refractivity contribution >= 4 is 11.8 Å². The molecule has 0 aromatic heterocycles. The number of para-hydroxylation sites is 2. The van der Waals surface area contributed by atoms with E-state index in [0.29, 0.717) is 51.2 Å². The van der Waals surface area contributed by atoms with Gasteiger partial charge in [-0.3, -0.25) is 9.59 Å². The van der Waals surface area contributed by atoms with Gasteiger partial charge in [-0.15, -0.1) is 0 Å². The molecule has 0 spiro atoms. The highest BCUT2D eigenvalue weighted by Gasteiger charge is 2.25. The van der Waals surface area contributed by atoms with E-state index in [1.54, 1.807) is 28.0 Å². The minimum absolute atomic E-state index is 0.0142. The van der Waals surface area contributed by atoms with Crippen LogP contribution in [0.25, 0.3) is 0 Å². The van der Waals surface area contributed by atoms with Crippen molar-refractivity contribution in [3.63, 3.8) is 0 Å². The van der Waals surface area contributed by atoms with Gasteiger partial charge in [0.25, 0.3) is 5.91 Å². The molecule has 0 aliphatic carbocycles. The van der Waals surface area contributed by atoms with Crippen LogP contribution in [-0.2, 0) is 4.79 Å². The van der Waals surface area contributed by atoms with E-state index >= 15 is 0 Å². The molecule has 6 nitrogen and oxygen atoms in total. The molecule has 0 atom stereocenters. The zero-order valence-electron chi connectivity index (χ0n) is 16.1. The maximum absolute atomic E-state index is 12.5. The molecule has 2 amide bonds. The summed E-state index contributed by atoms with van der Waals surface area (Å²) in [6.45, 7) is 4.46. The number of aryl methyl sites for hydroxylation is 1. The topological polar surface area (TPSA) is 70.1 Å². The summed E-state index contributed by atoms with van der Waals surface area (Å²) in [7, 11) is 0. The number of phenolic OH excluding ortho intramolecular Hbond substituents is 1. The fourth-order valence-corrected chi connectivity index (χ4v) is 3.27. The van der Waals surface area contributed by atoms with Crippen LogP contribution in [0.5, 0.6) is 11.5 Å². The molecule has 0 unspecified atom stereocenters. The Morgan fingerprint density at radius 3 is 2.32 bits per heavy atom. The second-order valence-electron chi connectivity index (χ2n) is 6.91. The van der Waals surface area contributed by atoms with Gasteiger partial charge in [-0.05, 0) is 37.1 Å². The third kappa shape index (κ3) is 4.82. The third-order valence-corrected chi connectivity index (χ3v) is 4.94. The van der Waals surface area contributed by atoms with Crippen LogP contribution >= 0.6 is 0 Å². The smallest absolute Gasteiger partial charge is 0.257 e. The van der Waals surface area contributed by atoms with Gasteiger partial charge in [-0.25, -0.2) is 0 Å². The first-order chi connectivity index (χ1) is 13.6. The number of phenols is 1. The lowest BCUT2D eigenvalue weighted by atomic mass is 10.1. The number of carbonyl (C=O) groups excluding carboxylic acids is 2. The molecule has 28 heavy (non-hydrogen) atoms. The molecule has 3 rings (SSSR count). The first-order valence-corrected chi connectivity index (χ1v) is 9.60. The fourth-order valence-electron chi connectivity index (χ4n) is 3.27. The molecule has 1 saturated heterocycles. The first-order valence-electron chi connectivity index (χ1n) is 9.60. The van der Waals surface area contributed by atoms with Gasteiger partial charge >= 0.3 is 0 Å². The maximum atomic E-state index is 12.5. The molecular formula is C22H26N2O4. The number of piperazine rings is 1. The van der Waals surface area contributed by atoms with Crippen LogP contribution in [0, 0.1) is 6.92 Å². The number of ether oxygens (including phenoxy) is 1. The number of hydrogen-bond donors (Lipinski definition) is 1. The molecule has 1 heterocycles. The molecule has 0 saturated carbocycles. The molecule has 2 aromatic carbocycles. The third-order valence-electron chi connectivity index (χ3n) is 4.94. The monoisotopic (exact) mass is 382 g/mol. The zero-order chi connectivity index (χ0) is 19.9. The number of amides is 2. The molecule has 6 heteroatoms. The Balaban J connectivity index is 1.41. The van der Waals surface area contributed by atoms with Gasteiger partial charge in [-0.1, -0.05) is 30.3 Å². The highest BCUT2D eigenvalue weighted by Crippen LogP contribution is 2.19. The molecule has 1 fully saturated rings. The van der Waals surface area contributed by atoms with Gasteiger partial charge in [-0.2, -0.15) is 0 Å². The summed E-state index contributed by atoms with van der Waals surface area (Å²) in [5.41, 5.74) is 1.38. The van der Waals surface area contributed by atoms with E-state index in [9.17, 15) is 14.7 Å². The van der Waals surface area contributed by atoms with Crippen molar-refractivity contribution < 1.29 is 19.4 Å². The molecule has 148 valence electrons. The van der Waals surface area contributed by atoms with Crippen molar-refractivity contribution in [3.8, 4) is 11.5 Å². The lowest BCUT2D eigenvalue weighted by Gasteiger charge is -2.35. The molecule has 2 aromatic rings. The molecule has 1 aliphatic rings. The van der Waals surface area contributed by atoms with Gasteiger partial charge in [0.1, 0.15) is 11.5 Å². The van der Waals surface area contributed by atoms with Crippen LogP contribution < -0.4 is 4.74 Å². The number of hydrogen-bond acceptors (Lipinski definition) is 4. The maximum Gasteiger partial charge on any atom is 0.257 e. The number of benzene rings is 2. The van der Waals surface area contributed by atoms with Crippen LogP contribution in [-0.4, -0.2) is 59.5 Å². The second kappa shape index (κ2) is 9.26. The summed E-state index contributed by atoms with van der Waals surface area (Å²) in [5, 5.41) is 9.85. The van der Waals surface area contributed by atoms with E-state index in [2.05, 4.69) is 0 Å². The molecule has 0 bridgehead atoms. The molecule has 1 aliphatic heterocycles. The Bertz CT molecular complexity index is 829. The average molecular weight is 382 g/mol. The SMILES string of the molecule is Cc1ccccc1OCCCC(=O)N1CCN(C(=O)c2ccccc2O)CC1. The normalized spacial score (nSPS) is 14.0. The van der Waals surface area contributed by atoms with E-state index in [1.807, 2.05) is 31.2 Å². The van der Waals surface area contributed by atoms with Crippen molar-refractivity contribution in [3.05, 3.63) is 59.7 Å². The summed E-state index contributed by atoms with van der Waals surface area (Å²) in [6, 6.07) is 14.4. The highest BCUT2D eigenvalue weighted by molar-refractivity contribution is 5.97. The zero-order valence-corrected chi connectivity index (χ0v) is 16.1. The van der Waals surface area contributed by atoms with E-state index in [0.717, 1.165) is 11.3 Å². The summed E-state index contributed by atoms with van der Waals surface area (Å²) in [5.74, 6) is 0.728. The van der Waals surface area contributed by atoms with Gasteiger partial charge in [0.15, 0.2) is 0 Å². The average Bonchev–Trinajstić information content (AvgIpc) is 2.72. The Kier molecular flexibility index (Phi) is 6.53. The largest absolute Gasteiger partial charge is 0.507 e. The lowest BCUT2D eigenvalue weighted by Crippen LogP contribution is -2.50. The van der Waals surface area contributed by atoms with E-state index in [-0.39, 0.29) is 17.6 Å². The Labute approximate surface area is 165 Å².